The molecule has 0 saturated heterocycles. The van der Waals surface area contributed by atoms with E-state index in [1.165, 1.54) is 7.11 Å². The second-order valence-electron chi connectivity index (χ2n) is 4.93. The number of hydrogen-bond acceptors (Lipinski definition) is 7. The van der Waals surface area contributed by atoms with Gasteiger partial charge in [-0.3, -0.25) is 9.52 Å². The van der Waals surface area contributed by atoms with Crippen molar-refractivity contribution in [1.82, 2.24) is 10.2 Å². The lowest BCUT2D eigenvalue weighted by Gasteiger charge is -2.07. The monoisotopic (exact) mass is 355 g/mol. The van der Waals surface area contributed by atoms with Gasteiger partial charge in [0, 0.05) is 6.42 Å². The zero-order valence-electron chi connectivity index (χ0n) is 13.0. The average Bonchev–Trinajstić information content (AvgIpc) is 2.94. The number of sulfonamides is 1. The van der Waals surface area contributed by atoms with Gasteiger partial charge in [0.15, 0.2) is 0 Å². The van der Waals surface area contributed by atoms with Crippen LogP contribution in [0.2, 0.25) is 0 Å². The molecule has 0 aliphatic rings. The van der Waals surface area contributed by atoms with E-state index < -0.39 is 10.0 Å². The smallest absolute Gasteiger partial charge is 0.305 e. The van der Waals surface area contributed by atoms with Crippen LogP contribution in [0, 0.1) is 13.8 Å². The van der Waals surface area contributed by atoms with Gasteiger partial charge in [-0.1, -0.05) is 17.4 Å². The minimum atomic E-state index is -3.71. The number of nitrogens with zero attached hydrogens (tertiary/aromatic N) is 2. The van der Waals surface area contributed by atoms with Gasteiger partial charge in [0.1, 0.15) is 5.01 Å². The van der Waals surface area contributed by atoms with Gasteiger partial charge in [0.05, 0.1) is 18.4 Å². The van der Waals surface area contributed by atoms with Crippen molar-refractivity contribution in [3.8, 4) is 0 Å². The molecule has 0 saturated carbocycles. The van der Waals surface area contributed by atoms with E-state index in [0.29, 0.717) is 11.4 Å². The number of aromatic nitrogens is 2. The van der Waals surface area contributed by atoms with Crippen LogP contribution < -0.4 is 4.72 Å². The van der Waals surface area contributed by atoms with Crippen molar-refractivity contribution in [2.24, 2.45) is 0 Å². The predicted molar refractivity (Wildman–Crippen MR) is 87.0 cm³/mol. The minimum Gasteiger partial charge on any atom is -0.469 e. The third kappa shape index (κ3) is 4.49. The number of hydrogen-bond donors (Lipinski definition) is 1. The Bertz CT molecular complexity index is 815. The molecule has 0 aliphatic heterocycles. The largest absolute Gasteiger partial charge is 0.469 e. The van der Waals surface area contributed by atoms with E-state index in [9.17, 15) is 13.2 Å². The van der Waals surface area contributed by atoms with Crippen molar-refractivity contribution >= 4 is 32.5 Å². The molecule has 124 valence electrons. The van der Waals surface area contributed by atoms with Crippen molar-refractivity contribution in [1.29, 1.82) is 0 Å². The fraction of sp³-hybridized carbons (Fsp3) is 0.357. The molecule has 1 heterocycles. The molecule has 0 unspecified atom stereocenters. The summed E-state index contributed by atoms with van der Waals surface area (Å²) in [4.78, 5) is 11.3. The van der Waals surface area contributed by atoms with Crippen molar-refractivity contribution in [3.63, 3.8) is 0 Å². The second-order valence-corrected chi connectivity index (χ2v) is 7.67. The highest BCUT2D eigenvalue weighted by Gasteiger charge is 2.17. The van der Waals surface area contributed by atoms with Gasteiger partial charge >= 0.3 is 5.97 Å². The Morgan fingerprint density at radius 2 is 2.00 bits per heavy atom. The Hall–Kier alpha value is -2.00. The van der Waals surface area contributed by atoms with E-state index in [1.54, 1.807) is 18.2 Å². The van der Waals surface area contributed by atoms with Gasteiger partial charge in [-0.15, -0.1) is 10.2 Å². The van der Waals surface area contributed by atoms with E-state index >= 15 is 0 Å². The van der Waals surface area contributed by atoms with Crippen molar-refractivity contribution in [2.45, 2.75) is 31.6 Å². The molecular formula is C14H17N3O4S2. The van der Waals surface area contributed by atoms with Crippen molar-refractivity contribution < 1.29 is 17.9 Å². The molecule has 1 aromatic carbocycles. The molecule has 1 aromatic heterocycles. The lowest BCUT2D eigenvalue weighted by molar-refractivity contribution is -0.140. The fourth-order valence-electron chi connectivity index (χ4n) is 1.76. The maximum Gasteiger partial charge on any atom is 0.305 e. The van der Waals surface area contributed by atoms with Crippen LogP contribution in [0.25, 0.3) is 0 Å². The SMILES string of the molecule is COC(=O)CCc1nnc(NS(=O)(=O)c2ccc(C)c(C)c2)s1. The molecule has 2 aromatic rings. The number of anilines is 1. The highest BCUT2D eigenvalue weighted by atomic mass is 32.2. The van der Waals surface area contributed by atoms with Gasteiger partial charge in [-0.2, -0.15) is 0 Å². The summed E-state index contributed by atoms with van der Waals surface area (Å²) in [7, 11) is -2.40. The summed E-state index contributed by atoms with van der Waals surface area (Å²) < 4.78 is 31.6. The zero-order valence-corrected chi connectivity index (χ0v) is 14.6. The topological polar surface area (TPSA) is 98.2 Å². The number of carbonyl (C=O) groups excluding carboxylic acids is 1. The summed E-state index contributed by atoms with van der Waals surface area (Å²) >= 11 is 1.09. The molecule has 9 heteroatoms. The van der Waals surface area contributed by atoms with Crippen LogP contribution in [0.3, 0.4) is 0 Å². The molecule has 0 aliphatic carbocycles. The van der Waals surface area contributed by atoms with Crippen LogP contribution in [-0.4, -0.2) is 31.7 Å². The van der Waals surface area contributed by atoms with Gasteiger partial charge in [-0.25, -0.2) is 8.42 Å². The summed E-state index contributed by atoms with van der Waals surface area (Å²) in [5.74, 6) is -0.350. The third-order valence-electron chi connectivity index (χ3n) is 3.25. The first-order valence-corrected chi connectivity index (χ1v) is 9.11. The van der Waals surface area contributed by atoms with E-state index in [4.69, 9.17) is 0 Å². The predicted octanol–water partition coefficient (Wildman–Crippen LogP) is 2.06. The highest BCUT2D eigenvalue weighted by molar-refractivity contribution is 7.93. The standard InChI is InChI=1S/C14H17N3O4S2/c1-9-4-5-11(8-10(9)2)23(19,20)17-14-16-15-12(22-14)6-7-13(18)21-3/h4-5,8H,6-7H2,1-3H3,(H,16,17). The number of benzene rings is 1. The first-order valence-electron chi connectivity index (χ1n) is 6.81. The Morgan fingerprint density at radius 3 is 2.65 bits per heavy atom. The van der Waals surface area contributed by atoms with Crippen LogP contribution in [-0.2, 0) is 26.0 Å². The summed E-state index contributed by atoms with van der Waals surface area (Å²) in [5, 5.41) is 8.40. The molecule has 0 amide bonds. The Balaban J connectivity index is 2.10. The van der Waals surface area contributed by atoms with Gasteiger partial charge in [0.25, 0.3) is 10.0 Å². The molecule has 0 radical (unpaired) electrons. The zero-order chi connectivity index (χ0) is 17.0. The summed E-state index contributed by atoms with van der Waals surface area (Å²) in [6, 6.07) is 4.91. The van der Waals surface area contributed by atoms with Crippen LogP contribution >= 0.6 is 11.3 Å². The van der Waals surface area contributed by atoms with E-state index in [0.717, 1.165) is 22.5 Å². The first kappa shape index (κ1) is 17.4. The first-order chi connectivity index (χ1) is 10.8. The lowest BCUT2D eigenvalue weighted by atomic mass is 10.1. The molecule has 1 N–H and O–H groups in total. The van der Waals surface area contributed by atoms with Gasteiger partial charge in [0.2, 0.25) is 5.13 Å². The number of methoxy groups -OCH3 is 1. The summed E-state index contributed by atoms with van der Waals surface area (Å²) in [6.07, 6.45) is 0.532. The maximum atomic E-state index is 12.3. The number of esters is 1. The second kappa shape index (κ2) is 7.05. The van der Waals surface area contributed by atoms with E-state index in [2.05, 4.69) is 19.7 Å². The van der Waals surface area contributed by atoms with Crippen LogP contribution in [0.5, 0.6) is 0 Å². The van der Waals surface area contributed by atoms with E-state index in [-0.39, 0.29) is 22.4 Å². The minimum absolute atomic E-state index is 0.170. The molecule has 23 heavy (non-hydrogen) atoms. The summed E-state index contributed by atoms with van der Waals surface area (Å²) in [6.45, 7) is 3.77. The van der Waals surface area contributed by atoms with Crippen LogP contribution in [0.1, 0.15) is 22.6 Å². The quantitative estimate of drug-likeness (QED) is 0.797. The number of ether oxygens (including phenoxy) is 1. The van der Waals surface area contributed by atoms with Crippen LogP contribution in [0.15, 0.2) is 23.1 Å². The Kier molecular flexibility index (Phi) is 5.32. The number of carbonyl (C=O) groups is 1. The number of aryl methyl sites for hydroxylation is 3. The maximum absolute atomic E-state index is 12.3. The van der Waals surface area contributed by atoms with Crippen molar-refractivity contribution in [2.75, 3.05) is 11.8 Å². The normalized spacial score (nSPS) is 11.3. The van der Waals surface area contributed by atoms with E-state index in [1.807, 2.05) is 13.8 Å². The Labute approximate surface area is 138 Å². The van der Waals surface area contributed by atoms with Gasteiger partial charge < -0.3 is 4.74 Å². The number of nitrogens with one attached hydrogen (secondary N) is 1. The molecule has 0 bridgehead atoms. The third-order valence-corrected chi connectivity index (χ3v) is 5.61. The van der Waals surface area contributed by atoms with Gasteiger partial charge in [-0.05, 0) is 37.1 Å². The lowest BCUT2D eigenvalue weighted by Crippen LogP contribution is -2.13. The highest BCUT2D eigenvalue weighted by Crippen LogP contribution is 2.22. The van der Waals surface area contributed by atoms with Crippen molar-refractivity contribution in [3.05, 3.63) is 34.3 Å². The summed E-state index contributed by atoms with van der Waals surface area (Å²) in [5.41, 5.74) is 1.91. The molecule has 0 fully saturated rings. The molecule has 2 rings (SSSR count). The molecule has 7 nitrogen and oxygen atoms in total. The molecule has 0 atom stereocenters. The fourth-order valence-corrected chi connectivity index (χ4v) is 3.82. The number of rotatable bonds is 6. The molecular weight excluding hydrogens is 338 g/mol. The molecule has 0 spiro atoms. The van der Waals surface area contributed by atoms with Crippen LogP contribution in [0.4, 0.5) is 5.13 Å². The Morgan fingerprint density at radius 1 is 1.26 bits per heavy atom. The average molecular weight is 355 g/mol.